The molecule has 0 aliphatic carbocycles. The van der Waals surface area contributed by atoms with Crippen LogP contribution in [-0.2, 0) is 0 Å². The molecule has 0 aromatic heterocycles. The second-order valence-corrected chi connectivity index (χ2v) is 6.61. The number of piperidine rings is 1. The van der Waals surface area contributed by atoms with E-state index in [1.165, 1.54) is 49.9 Å². The van der Waals surface area contributed by atoms with Crippen LogP contribution in [0.4, 0.5) is 0 Å². The number of rotatable bonds is 7. The third-order valence-electron chi connectivity index (χ3n) is 5.19. The van der Waals surface area contributed by atoms with Crippen LogP contribution in [-0.4, -0.2) is 13.1 Å². The molecule has 0 amide bonds. The Morgan fingerprint density at radius 1 is 1.30 bits per heavy atom. The Hall–Kier alpha value is -0.820. The lowest BCUT2D eigenvalue weighted by Gasteiger charge is -2.32. The van der Waals surface area contributed by atoms with Crippen LogP contribution in [0.3, 0.4) is 0 Å². The minimum atomic E-state index is 0.517. The van der Waals surface area contributed by atoms with Gasteiger partial charge in [-0.25, -0.2) is 0 Å². The smallest absolute Gasteiger partial charge is 0.00176 e. The van der Waals surface area contributed by atoms with Crippen LogP contribution in [0, 0.1) is 17.8 Å². The Kier molecular flexibility index (Phi) is 7.29. The maximum absolute atomic E-state index is 4.09. The first kappa shape index (κ1) is 17.2. The van der Waals surface area contributed by atoms with Gasteiger partial charge < -0.3 is 5.32 Å². The van der Waals surface area contributed by atoms with Crippen molar-refractivity contribution in [3.63, 3.8) is 0 Å². The van der Waals surface area contributed by atoms with E-state index in [9.17, 15) is 0 Å². The summed E-state index contributed by atoms with van der Waals surface area (Å²) in [6, 6.07) is 0. The summed E-state index contributed by atoms with van der Waals surface area (Å²) < 4.78 is 0. The molecule has 1 rings (SSSR count). The highest BCUT2D eigenvalue weighted by atomic mass is 14.9. The van der Waals surface area contributed by atoms with E-state index in [1.54, 1.807) is 5.57 Å². The molecule has 0 aromatic carbocycles. The van der Waals surface area contributed by atoms with Crippen molar-refractivity contribution in [2.75, 3.05) is 13.1 Å². The summed E-state index contributed by atoms with van der Waals surface area (Å²) in [5.41, 5.74) is 4.34. The standard InChI is InChI=1S/C19H33N/c1-7-8-18-11-12-20-13-19(18)10-9-15(4)17(6)16(5)14(2)3/h7,16,18-20H,1-2,8-13H2,3-6H3/b17-15+. The van der Waals surface area contributed by atoms with Crippen molar-refractivity contribution in [2.24, 2.45) is 17.8 Å². The van der Waals surface area contributed by atoms with Gasteiger partial charge in [0, 0.05) is 0 Å². The van der Waals surface area contributed by atoms with Gasteiger partial charge in [-0.1, -0.05) is 36.3 Å². The molecule has 1 fully saturated rings. The molecule has 3 unspecified atom stereocenters. The summed E-state index contributed by atoms with van der Waals surface area (Å²) in [5, 5.41) is 3.55. The molecule has 20 heavy (non-hydrogen) atoms. The van der Waals surface area contributed by atoms with Crippen molar-refractivity contribution in [1.29, 1.82) is 0 Å². The van der Waals surface area contributed by atoms with Crippen LogP contribution in [0.1, 0.15) is 53.4 Å². The molecular weight excluding hydrogens is 242 g/mol. The lowest BCUT2D eigenvalue weighted by atomic mass is 9.80. The zero-order valence-electron chi connectivity index (χ0n) is 14.0. The van der Waals surface area contributed by atoms with Gasteiger partial charge in [0.25, 0.3) is 0 Å². The van der Waals surface area contributed by atoms with Crippen LogP contribution in [0.15, 0.2) is 36.0 Å². The third kappa shape index (κ3) is 4.94. The zero-order chi connectivity index (χ0) is 15.1. The Labute approximate surface area is 126 Å². The summed E-state index contributed by atoms with van der Waals surface area (Å²) in [6.45, 7) is 19.3. The Morgan fingerprint density at radius 3 is 2.60 bits per heavy atom. The van der Waals surface area contributed by atoms with Gasteiger partial charge in [-0.3, -0.25) is 0 Å². The molecule has 1 N–H and O–H groups in total. The van der Waals surface area contributed by atoms with Gasteiger partial charge in [0.15, 0.2) is 0 Å². The summed E-state index contributed by atoms with van der Waals surface area (Å²) in [4.78, 5) is 0. The van der Waals surface area contributed by atoms with Gasteiger partial charge in [0.2, 0.25) is 0 Å². The molecule has 1 aliphatic rings. The summed E-state index contributed by atoms with van der Waals surface area (Å²) >= 11 is 0. The monoisotopic (exact) mass is 275 g/mol. The van der Waals surface area contributed by atoms with Crippen LogP contribution >= 0.6 is 0 Å². The molecule has 0 spiro atoms. The van der Waals surface area contributed by atoms with Crippen LogP contribution < -0.4 is 5.32 Å². The van der Waals surface area contributed by atoms with Gasteiger partial charge in [0.05, 0.1) is 0 Å². The first-order valence-corrected chi connectivity index (χ1v) is 8.10. The minimum absolute atomic E-state index is 0.517. The highest BCUT2D eigenvalue weighted by Gasteiger charge is 2.23. The van der Waals surface area contributed by atoms with E-state index in [0.717, 1.165) is 11.8 Å². The van der Waals surface area contributed by atoms with Crippen molar-refractivity contribution in [1.82, 2.24) is 5.32 Å². The van der Waals surface area contributed by atoms with E-state index in [0.29, 0.717) is 5.92 Å². The third-order valence-corrected chi connectivity index (χ3v) is 5.19. The average molecular weight is 275 g/mol. The summed E-state index contributed by atoms with van der Waals surface area (Å²) in [6.07, 6.45) is 7.11. The quantitative estimate of drug-likeness (QED) is 0.636. The molecule has 1 nitrogen and oxygen atoms in total. The topological polar surface area (TPSA) is 12.0 Å². The lowest BCUT2D eigenvalue weighted by molar-refractivity contribution is 0.242. The Morgan fingerprint density at radius 2 is 2.00 bits per heavy atom. The summed E-state index contributed by atoms with van der Waals surface area (Å²) in [7, 11) is 0. The highest BCUT2D eigenvalue weighted by Crippen LogP contribution is 2.30. The van der Waals surface area contributed by atoms with Crippen molar-refractivity contribution < 1.29 is 0 Å². The van der Waals surface area contributed by atoms with Crippen molar-refractivity contribution in [2.45, 2.75) is 53.4 Å². The molecule has 0 bridgehead atoms. The van der Waals surface area contributed by atoms with Gasteiger partial charge in [0.1, 0.15) is 0 Å². The van der Waals surface area contributed by atoms with E-state index >= 15 is 0 Å². The predicted molar refractivity (Wildman–Crippen MR) is 90.9 cm³/mol. The first-order valence-electron chi connectivity index (χ1n) is 8.10. The van der Waals surface area contributed by atoms with E-state index in [-0.39, 0.29) is 0 Å². The predicted octanol–water partition coefficient (Wildman–Crippen LogP) is 5.12. The zero-order valence-corrected chi connectivity index (χ0v) is 14.0. The molecule has 114 valence electrons. The lowest BCUT2D eigenvalue weighted by Crippen LogP contribution is -2.36. The van der Waals surface area contributed by atoms with Crippen molar-refractivity contribution >= 4 is 0 Å². The highest BCUT2D eigenvalue weighted by molar-refractivity contribution is 5.20. The molecule has 1 heteroatoms. The molecule has 0 radical (unpaired) electrons. The second-order valence-electron chi connectivity index (χ2n) is 6.61. The maximum atomic E-state index is 4.09. The van der Waals surface area contributed by atoms with E-state index in [1.807, 2.05) is 0 Å². The van der Waals surface area contributed by atoms with Gasteiger partial charge in [-0.15, -0.1) is 6.58 Å². The van der Waals surface area contributed by atoms with Gasteiger partial charge in [-0.2, -0.15) is 0 Å². The largest absolute Gasteiger partial charge is 0.316 e. The normalized spacial score (nSPS) is 25.8. The second kappa shape index (κ2) is 8.46. The van der Waals surface area contributed by atoms with Crippen LogP contribution in [0.2, 0.25) is 0 Å². The van der Waals surface area contributed by atoms with Crippen LogP contribution in [0.5, 0.6) is 0 Å². The van der Waals surface area contributed by atoms with E-state index < -0.39 is 0 Å². The SMILES string of the molecule is C=CCC1CCNCC1CC/C(C)=C(\C)C(C)C(=C)C. The fourth-order valence-corrected chi connectivity index (χ4v) is 3.18. The average Bonchev–Trinajstić information content (AvgIpc) is 2.44. The first-order chi connectivity index (χ1) is 9.47. The molecule has 1 saturated heterocycles. The number of hydrogen-bond acceptors (Lipinski definition) is 1. The Balaban J connectivity index is 2.57. The van der Waals surface area contributed by atoms with Gasteiger partial charge in [-0.05, 0) is 77.3 Å². The fraction of sp³-hybridized carbons (Fsp3) is 0.684. The van der Waals surface area contributed by atoms with Crippen molar-refractivity contribution in [3.05, 3.63) is 36.0 Å². The number of nitrogens with one attached hydrogen (secondary N) is 1. The molecule has 0 aromatic rings. The molecular formula is C19H33N. The molecule has 0 saturated carbocycles. The maximum Gasteiger partial charge on any atom is -0.00176 e. The molecule has 3 atom stereocenters. The van der Waals surface area contributed by atoms with Crippen LogP contribution in [0.25, 0.3) is 0 Å². The number of hydrogen-bond donors (Lipinski definition) is 1. The molecule has 1 aliphatic heterocycles. The number of allylic oxidation sites excluding steroid dienone is 4. The van der Waals surface area contributed by atoms with Gasteiger partial charge >= 0.3 is 0 Å². The van der Waals surface area contributed by atoms with E-state index in [4.69, 9.17) is 0 Å². The Bertz CT molecular complexity index is 364. The van der Waals surface area contributed by atoms with E-state index in [2.05, 4.69) is 52.2 Å². The molecule has 1 heterocycles. The summed E-state index contributed by atoms with van der Waals surface area (Å²) in [5.74, 6) is 2.16. The minimum Gasteiger partial charge on any atom is -0.316 e. The fourth-order valence-electron chi connectivity index (χ4n) is 3.18. The van der Waals surface area contributed by atoms with Crippen molar-refractivity contribution in [3.8, 4) is 0 Å².